The van der Waals surface area contributed by atoms with Gasteiger partial charge in [-0.05, 0) is 23.8 Å². The summed E-state index contributed by atoms with van der Waals surface area (Å²) in [4.78, 5) is 12.1. The van der Waals surface area contributed by atoms with Crippen LogP contribution in [-0.2, 0) is 11.3 Å². The van der Waals surface area contributed by atoms with Crippen molar-refractivity contribution < 1.29 is 4.79 Å². The number of amides is 1. The van der Waals surface area contributed by atoms with Crippen molar-refractivity contribution in [2.24, 2.45) is 0 Å². The number of carbonyl (C=O) groups excluding carboxylic acids is 1. The first-order valence-corrected chi connectivity index (χ1v) is 10.1. The Bertz CT molecular complexity index is 971. The van der Waals surface area contributed by atoms with Crippen LogP contribution in [0, 0.1) is 11.3 Å². The Morgan fingerprint density at radius 1 is 1.22 bits per heavy atom. The summed E-state index contributed by atoms with van der Waals surface area (Å²) in [6.07, 6.45) is 0. The molecule has 0 aliphatic carbocycles. The van der Waals surface area contributed by atoms with Gasteiger partial charge in [0.1, 0.15) is 6.07 Å². The van der Waals surface area contributed by atoms with E-state index in [2.05, 4.69) is 20.8 Å². The lowest BCUT2D eigenvalue weighted by molar-refractivity contribution is -0.113. The molecule has 0 bridgehead atoms. The number of nitrogens with zero attached hydrogens (tertiary/aromatic N) is 3. The van der Waals surface area contributed by atoms with Gasteiger partial charge in [0.05, 0.1) is 17.0 Å². The highest BCUT2D eigenvalue weighted by Gasteiger charge is 2.11. The lowest BCUT2D eigenvalue weighted by Gasteiger charge is -2.06. The van der Waals surface area contributed by atoms with Crippen LogP contribution in [0.1, 0.15) is 11.1 Å². The van der Waals surface area contributed by atoms with Gasteiger partial charge < -0.3 is 10.6 Å². The van der Waals surface area contributed by atoms with Gasteiger partial charge in [0.15, 0.2) is 4.34 Å². The monoisotopic (exact) mass is 415 g/mol. The number of rotatable bonds is 7. The minimum absolute atomic E-state index is 0.157. The Hall–Kier alpha value is -2.60. The molecule has 1 aromatic heterocycles. The fourth-order valence-corrected chi connectivity index (χ4v) is 3.86. The van der Waals surface area contributed by atoms with Crippen LogP contribution in [0.4, 0.5) is 10.8 Å². The number of anilines is 2. The average Bonchev–Trinajstić information content (AvgIpc) is 3.14. The summed E-state index contributed by atoms with van der Waals surface area (Å²) in [5, 5.41) is 24.3. The minimum atomic E-state index is -0.243. The van der Waals surface area contributed by atoms with E-state index in [1.807, 2.05) is 36.4 Å². The number of benzene rings is 2. The first kappa shape index (κ1) is 19.2. The summed E-state index contributed by atoms with van der Waals surface area (Å²) in [6, 6.07) is 16.7. The molecule has 0 atom stereocenters. The number of thioether (sulfide) groups is 1. The summed E-state index contributed by atoms with van der Waals surface area (Å²) < 4.78 is 0.687. The smallest absolute Gasteiger partial charge is 0.234 e. The Balaban J connectivity index is 1.50. The Kier molecular flexibility index (Phi) is 6.65. The average molecular weight is 416 g/mol. The van der Waals surface area contributed by atoms with Crippen LogP contribution in [0.5, 0.6) is 0 Å². The van der Waals surface area contributed by atoms with Crippen LogP contribution >= 0.6 is 34.7 Å². The largest absolute Gasteiger partial charge is 0.356 e. The molecule has 0 aliphatic heterocycles. The summed E-state index contributed by atoms with van der Waals surface area (Å²) in [5.74, 6) is -0.0854. The SMILES string of the molecule is N#Cc1ccc(Cl)cc1NC(=O)CSc1nnc(NCc2ccccc2)s1. The van der Waals surface area contributed by atoms with E-state index in [1.54, 1.807) is 18.2 Å². The molecule has 136 valence electrons. The number of hydrogen-bond donors (Lipinski definition) is 2. The highest BCUT2D eigenvalue weighted by atomic mass is 35.5. The Morgan fingerprint density at radius 3 is 2.81 bits per heavy atom. The molecule has 1 amide bonds. The fraction of sp³-hybridized carbons (Fsp3) is 0.111. The van der Waals surface area contributed by atoms with E-state index in [4.69, 9.17) is 16.9 Å². The first-order chi connectivity index (χ1) is 13.1. The van der Waals surface area contributed by atoms with Gasteiger partial charge in [-0.3, -0.25) is 4.79 Å². The van der Waals surface area contributed by atoms with Crippen molar-refractivity contribution in [1.29, 1.82) is 5.26 Å². The van der Waals surface area contributed by atoms with Crippen LogP contribution in [0.25, 0.3) is 0 Å². The lowest BCUT2D eigenvalue weighted by Crippen LogP contribution is -2.14. The molecule has 27 heavy (non-hydrogen) atoms. The third-order valence-corrected chi connectivity index (χ3v) is 5.65. The van der Waals surface area contributed by atoms with E-state index in [1.165, 1.54) is 23.1 Å². The molecule has 2 N–H and O–H groups in total. The second-order valence-electron chi connectivity index (χ2n) is 5.35. The van der Waals surface area contributed by atoms with Gasteiger partial charge in [-0.1, -0.05) is 65.0 Å². The number of aromatic nitrogens is 2. The van der Waals surface area contributed by atoms with Gasteiger partial charge in [-0.25, -0.2) is 0 Å². The Morgan fingerprint density at radius 2 is 2.04 bits per heavy atom. The normalized spacial score (nSPS) is 10.2. The molecule has 0 unspecified atom stereocenters. The van der Waals surface area contributed by atoms with Crippen molar-refractivity contribution in [1.82, 2.24) is 10.2 Å². The third-order valence-electron chi connectivity index (χ3n) is 3.40. The standard InChI is InChI=1S/C18H14ClN5OS2/c19-14-7-6-13(9-20)15(8-14)22-16(25)11-26-18-24-23-17(27-18)21-10-12-4-2-1-3-5-12/h1-8H,10-11H2,(H,21,23)(H,22,25). The molecule has 6 nitrogen and oxygen atoms in total. The van der Waals surface area contributed by atoms with Crippen LogP contribution in [-0.4, -0.2) is 21.9 Å². The van der Waals surface area contributed by atoms with Crippen LogP contribution in [0.3, 0.4) is 0 Å². The maximum Gasteiger partial charge on any atom is 0.234 e. The van der Waals surface area contributed by atoms with Crippen LogP contribution in [0.15, 0.2) is 52.9 Å². The minimum Gasteiger partial charge on any atom is -0.356 e. The molecular formula is C18H14ClN5OS2. The number of nitriles is 1. The van der Waals surface area contributed by atoms with Crippen molar-refractivity contribution in [2.45, 2.75) is 10.9 Å². The lowest BCUT2D eigenvalue weighted by atomic mass is 10.2. The molecule has 1 heterocycles. The highest BCUT2D eigenvalue weighted by molar-refractivity contribution is 8.01. The maximum atomic E-state index is 12.1. The zero-order valence-corrected chi connectivity index (χ0v) is 16.4. The van der Waals surface area contributed by atoms with Crippen LogP contribution < -0.4 is 10.6 Å². The predicted molar refractivity (Wildman–Crippen MR) is 109 cm³/mol. The highest BCUT2D eigenvalue weighted by Crippen LogP contribution is 2.26. The molecule has 0 saturated heterocycles. The summed E-state index contributed by atoms with van der Waals surface area (Å²) in [5.41, 5.74) is 1.91. The quantitative estimate of drug-likeness (QED) is 0.555. The predicted octanol–water partition coefficient (Wildman–Crippen LogP) is 4.41. The van der Waals surface area contributed by atoms with Crippen molar-refractivity contribution in [3.63, 3.8) is 0 Å². The molecule has 3 aromatic rings. The molecule has 0 aliphatic rings. The van der Waals surface area contributed by atoms with Gasteiger partial charge in [-0.2, -0.15) is 5.26 Å². The number of carbonyl (C=O) groups is 1. The molecule has 0 saturated carbocycles. The molecule has 9 heteroatoms. The molecular weight excluding hydrogens is 402 g/mol. The van der Waals surface area contributed by atoms with Gasteiger partial charge in [0.2, 0.25) is 11.0 Å². The summed E-state index contributed by atoms with van der Waals surface area (Å²) in [7, 11) is 0. The van der Waals surface area contributed by atoms with E-state index >= 15 is 0 Å². The molecule has 2 aromatic carbocycles. The van der Waals surface area contributed by atoms with Gasteiger partial charge in [-0.15, -0.1) is 10.2 Å². The third kappa shape index (κ3) is 5.69. The van der Waals surface area contributed by atoms with Crippen molar-refractivity contribution in [3.05, 3.63) is 64.7 Å². The van der Waals surface area contributed by atoms with Gasteiger partial charge in [0, 0.05) is 11.6 Å². The summed E-state index contributed by atoms with van der Waals surface area (Å²) in [6.45, 7) is 0.659. The molecule has 3 rings (SSSR count). The van der Waals surface area contributed by atoms with E-state index in [0.29, 0.717) is 32.3 Å². The second-order valence-corrected chi connectivity index (χ2v) is 7.99. The number of nitrogens with one attached hydrogen (secondary N) is 2. The summed E-state index contributed by atoms with van der Waals surface area (Å²) >= 11 is 8.59. The number of halogens is 1. The van der Waals surface area contributed by atoms with E-state index in [-0.39, 0.29) is 11.7 Å². The Labute approximate surface area is 169 Å². The van der Waals surface area contributed by atoms with Gasteiger partial charge in [0.25, 0.3) is 0 Å². The van der Waals surface area contributed by atoms with Gasteiger partial charge >= 0.3 is 0 Å². The van der Waals surface area contributed by atoms with Crippen molar-refractivity contribution >= 4 is 51.4 Å². The van der Waals surface area contributed by atoms with Crippen LogP contribution in [0.2, 0.25) is 5.02 Å². The second kappa shape index (κ2) is 9.37. The molecule has 0 fully saturated rings. The van der Waals surface area contributed by atoms with E-state index in [0.717, 1.165) is 5.56 Å². The maximum absolute atomic E-state index is 12.1. The van der Waals surface area contributed by atoms with Crippen molar-refractivity contribution in [3.8, 4) is 6.07 Å². The molecule has 0 radical (unpaired) electrons. The molecule has 0 spiro atoms. The van der Waals surface area contributed by atoms with E-state index < -0.39 is 0 Å². The first-order valence-electron chi connectivity index (χ1n) is 7.87. The topological polar surface area (TPSA) is 90.7 Å². The zero-order chi connectivity index (χ0) is 19.1. The van der Waals surface area contributed by atoms with Crippen molar-refractivity contribution in [2.75, 3.05) is 16.4 Å². The number of hydrogen-bond acceptors (Lipinski definition) is 7. The zero-order valence-electron chi connectivity index (χ0n) is 14.0. The van der Waals surface area contributed by atoms with E-state index in [9.17, 15) is 4.79 Å². The fourth-order valence-electron chi connectivity index (χ4n) is 2.14.